The molecule has 0 radical (unpaired) electrons. The monoisotopic (exact) mass is 798 g/mol. The lowest BCUT2D eigenvalue weighted by molar-refractivity contribution is -0.0755. The molecule has 0 aliphatic carbocycles. The fourth-order valence-electron chi connectivity index (χ4n) is 6.81. The third kappa shape index (κ3) is 8.37. The van der Waals surface area contributed by atoms with Crippen LogP contribution in [0.3, 0.4) is 0 Å². The van der Waals surface area contributed by atoms with Crippen molar-refractivity contribution in [3.63, 3.8) is 0 Å². The van der Waals surface area contributed by atoms with E-state index in [-0.39, 0.29) is 33.1 Å². The van der Waals surface area contributed by atoms with Crippen molar-refractivity contribution in [3.05, 3.63) is 189 Å². The van der Waals surface area contributed by atoms with Gasteiger partial charge >= 0.3 is 0 Å². The van der Waals surface area contributed by atoms with Crippen molar-refractivity contribution in [2.45, 2.75) is 13.8 Å². The highest BCUT2D eigenvalue weighted by Crippen LogP contribution is 2.28. The number of nitrogens with zero attached hydrogens (tertiary/aromatic N) is 5. The summed E-state index contributed by atoms with van der Waals surface area (Å²) in [7, 11) is 4.45. The summed E-state index contributed by atoms with van der Waals surface area (Å²) in [5, 5.41) is 10.8. The molecule has 2 amide bonds. The van der Waals surface area contributed by atoms with Gasteiger partial charge in [0.15, 0.2) is 22.2 Å². The van der Waals surface area contributed by atoms with Crippen LogP contribution in [0.5, 0.6) is 0 Å². The Kier molecular flexibility index (Phi) is 11.9. The normalized spacial score (nSPS) is 10.8. The quantitative estimate of drug-likeness (QED) is 0.124. The second-order valence-electron chi connectivity index (χ2n) is 13.7. The molecule has 4 aromatic heterocycles. The average Bonchev–Trinajstić information content (AvgIpc) is 3.26. The summed E-state index contributed by atoms with van der Waals surface area (Å²) in [5.41, 5.74) is 5.38. The molecule has 0 aliphatic rings. The summed E-state index contributed by atoms with van der Waals surface area (Å²) in [6, 6.07) is 44.6. The smallest absolute Gasteiger partial charge is 0.278 e. The van der Waals surface area contributed by atoms with E-state index >= 15 is 0 Å². The summed E-state index contributed by atoms with van der Waals surface area (Å²) in [5.74, 6) is 0.381. The van der Waals surface area contributed by atoms with Gasteiger partial charge in [-0.25, -0.2) is 15.0 Å². The summed E-state index contributed by atoms with van der Waals surface area (Å²) in [6.07, 6.45) is 0. The van der Waals surface area contributed by atoms with Gasteiger partial charge in [0.25, 0.3) is 11.8 Å². The van der Waals surface area contributed by atoms with Crippen LogP contribution in [0.2, 0.25) is 0 Å². The van der Waals surface area contributed by atoms with Crippen molar-refractivity contribution in [2.24, 2.45) is 0 Å². The Bertz CT molecular complexity index is 2960. The lowest BCUT2D eigenvalue weighted by Gasteiger charge is -2.20. The predicted molar refractivity (Wildman–Crippen MR) is 236 cm³/mol. The van der Waals surface area contributed by atoms with Gasteiger partial charge in [0, 0.05) is 60.4 Å². The molecular weight excluding hydrogens is 757 g/mol. The molecular formula is C47H42N8O5. The van der Waals surface area contributed by atoms with Crippen LogP contribution in [0.15, 0.2) is 155 Å². The van der Waals surface area contributed by atoms with Crippen molar-refractivity contribution in [1.82, 2.24) is 29.5 Å². The van der Waals surface area contributed by atoms with Crippen LogP contribution in [-0.4, -0.2) is 57.2 Å². The number of anilines is 4. The number of hydrogen-bond acceptors (Lipinski definition) is 9. The number of rotatable bonds is 9. The van der Waals surface area contributed by atoms with Crippen molar-refractivity contribution < 1.29 is 14.4 Å². The first-order chi connectivity index (χ1) is 29.1. The van der Waals surface area contributed by atoms with Gasteiger partial charge in [0.2, 0.25) is 0 Å². The maximum absolute atomic E-state index is 13.2. The second-order valence-corrected chi connectivity index (χ2v) is 13.7. The van der Waals surface area contributed by atoms with Gasteiger partial charge in [0.05, 0.1) is 29.0 Å². The molecule has 0 aliphatic heterocycles. The molecule has 0 unspecified atom stereocenters. The van der Waals surface area contributed by atoms with Crippen molar-refractivity contribution >= 4 is 56.9 Å². The average molecular weight is 799 g/mol. The third-order valence-electron chi connectivity index (χ3n) is 9.57. The molecule has 0 bridgehead atoms. The number of amides is 2. The fourth-order valence-corrected chi connectivity index (χ4v) is 6.81. The lowest BCUT2D eigenvalue weighted by Crippen LogP contribution is -2.27. The molecule has 0 spiro atoms. The fraction of sp³-hybridized carbons (Fsp3) is 0.106. The molecule has 4 heterocycles. The van der Waals surface area contributed by atoms with E-state index in [1.54, 1.807) is 26.1 Å². The van der Waals surface area contributed by atoms with E-state index in [9.17, 15) is 19.2 Å². The first-order valence-electron chi connectivity index (χ1n) is 19.0. The molecule has 13 heteroatoms. The maximum atomic E-state index is 13.2. The zero-order chi connectivity index (χ0) is 42.3. The van der Waals surface area contributed by atoms with Crippen LogP contribution >= 0.6 is 0 Å². The van der Waals surface area contributed by atoms with Crippen molar-refractivity contribution in [3.8, 4) is 11.4 Å². The number of carbonyl (C=O) groups excluding carboxylic acids is 2. The van der Waals surface area contributed by atoms with Crippen LogP contribution in [0.1, 0.15) is 32.1 Å². The molecule has 0 fully saturated rings. The minimum absolute atomic E-state index is 0.238. The van der Waals surface area contributed by atoms with E-state index in [0.717, 1.165) is 27.8 Å². The van der Waals surface area contributed by atoms with Crippen LogP contribution in [0.4, 0.5) is 23.0 Å². The van der Waals surface area contributed by atoms with E-state index < -0.39 is 5.91 Å². The summed E-state index contributed by atoms with van der Waals surface area (Å²) < 4.78 is 3.71. The summed E-state index contributed by atoms with van der Waals surface area (Å²) in [6.45, 7) is 3.60. The van der Waals surface area contributed by atoms with Gasteiger partial charge in [0.1, 0.15) is 11.6 Å². The predicted octanol–water partition coefficient (Wildman–Crippen LogP) is 7.87. The van der Waals surface area contributed by atoms with E-state index in [1.807, 2.05) is 137 Å². The van der Waals surface area contributed by atoms with Crippen LogP contribution in [-0.2, 0) is 4.84 Å². The van der Waals surface area contributed by atoms with Crippen LogP contribution in [0.25, 0.3) is 33.4 Å². The van der Waals surface area contributed by atoms with Gasteiger partial charge < -0.3 is 16.0 Å². The van der Waals surface area contributed by atoms with Crippen LogP contribution < -0.4 is 26.8 Å². The molecule has 8 rings (SSSR count). The molecule has 13 nitrogen and oxygen atoms in total. The molecule has 8 aromatic rings. The highest BCUT2D eigenvalue weighted by atomic mass is 16.7. The summed E-state index contributed by atoms with van der Waals surface area (Å²) >= 11 is 0. The molecule has 300 valence electrons. The minimum Gasteiger partial charge on any atom is -0.355 e. The first-order valence-corrected chi connectivity index (χ1v) is 19.0. The number of aryl methyl sites for hydroxylation is 2. The van der Waals surface area contributed by atoms with Gasteiger partial charge in [-0.3, -0.25) is 33.1 Å². The Balaban J connectivity index is 0.000000182. The number of benzene rings is 4. The maximum Gasteiger partial charge on any atom is 0.278 e. The number of hydrogen-bond donors (Lipinski definition) is 3. The van der Waals surface area contributed by atoms with E-state index in [4.69, 9.17) is 4.84 Å². The standard InChI is InChI=1S/C24H22N4O3.C23H20N4O2/c1-16-14-19(24(30)27(2)31-3)22-20(29)15-21(26-17-10-6-4-7-11-17)28(23(22)25-16)18-12-8-5-9-13-18;1-15-13-18(23(29)24-2)21-19(28)14-20(26-16-9-5-3-6-10-16)27(22(21)25-15)17-11-7-4-8-12-17/h4-15,26H,1-3H3;3-14,26H,1-2H3,(H,24,29). The largest absolute Gasteiger partial charge is 0.355 e. The zero-order valence-corrected chi connectivity index (χ0v) is 33.6. The van der Waals surface area contributed by atoms with E-state index in [2.05, 4.69) is 25.9 Å². The van der Waals surface area contributed by atoms with E-state index in [0.29, 0.717) is 39.9 Å². The number of pyridine rings is 4. The van der Waals surface area contributed by atoms with Gasteiger partial charge in [-0.15, -0.1) is 0 Å². The number of aromatic nitrogens is 4. The highest BCUT2D eigenvalue weighted by Gasteiger charge is 2.23. The highest BCUT2D eigenvalue weighted by molar-refractivity contribution is 6.07. The number of hydroxylamine groups is 2. The molecule has 3 N–H and O–H groups in total. The zero-order valence-electron chi connectivity index (χ0n) is 33.6. The van der Waals surface area contributed by atoms with Gasteiger partial charge in [-0.05, 0) is 74.5 Å². The van der Waals surface area contributed by atoms with Crippen molar-refractivity contribution in [1.29, 1.82) is 0 Å². The Morgan fingerprint density at radius 2 is 0.967 bits per heavy atom. The minimum atomic E-state index is -0.418. The topological polar surface area (TPSA) is 152 Å². The second kappa shape index (κ2) is 17.7. The Morgan fingerprint density at radius 1 is 0.583 bits per heavy atom. The van der Waals surface area contributed by atoms with Crippen molar-refractivity contribution in [2.75, 3.05) is 31.8 Å². The number of para-hydroxylation sites is 4. The number of carbonyl (C=O) groups is 2. The number of nitrogens with one attached hydrogen (secondary N) is 3. The number of fused-ring (bicyclic) bond motifs is 2. The SMILES string of the molecule is CNC(=O)c1cc(C)nc2c1c(=O)cc(Nc1ccccc1)n2-c1ccccc1.CON(C)C(=O)c1cc(C)nc2c1c(=O)cc(Nc1ccccc1)n2-c1ccccc1. The Morgan fingerprint density at radius 3 is 1.37 bits per heavy atom. The third-order valence-corrected chi connectivity index (χ3v) is 9.57. The first kappa shape index (κ1) is 40.3. The molecule has 60 heavy (non-hydrogen) atoms. The Hall–Kier alpha value is -7.90. The lowest BCUT2D eigenvalue weighted by atomic mass is 10.1. The molecule has 0 atom stereocenters. The van der Waals surface area contributed by atoms with Gasteiger partial charge in [-0.2, -0.15) is 0 Å². The Labute approximate surface area is 345 Å². The van der Waals surface area contributed by atoms with Gasteiger partial charge in [-0.1, -0.05) is 72.8 Å². The van der Waals surface area contributed by atoms with Crippen LogP contribution in [0, 0.1) is 13.8 Å². The molecule has 0 saturated heterocycles. The summed E-state index contributed by atoms with van der Waals surface area (Å²) in [4.78, 5) is 66.0. The molecule has 0 saturated carbocycles. The van der Waals surface area contributed by atoms with E-state index in [1.165, 1.54) is 26.3 Å². The molecule has 4 aromatic carbocycles.